The third-order valence-electron chi connectivity index (χ3n) is 2.58. The number of aromatic nitrogens is 1. The van der Waals surface area contributed by atoms with E-state index in [1.165, 1.54) is 4.70 Å². The smallest absolute Gasteiger partial charge is 0.124 e. The number of hydrogen-bond acceptors (Lipinski definition) is 4. The number of nitrogens with zero attached hydrogens (tertiary/aromatic N) is 2. The van der Waals surface area contributed by atoms with Crippen LogP contribution < -0.4 is 0 Å². The summed E-state index contributed by atoms with van der Waals surface area (Å²) >= 11 is 6.27. The van der Waals surface area contributed by atoms with E-state index in [0.29, 0.717) is 0 Å². The van der Waals surface area contributed by atoms with Gasteiger partial charge in [-0.25, -0.2) is 4.98 Å². The molecule has 3 aromatic rings. The van der Waals surface area contributed by atoms with Gasteiger partial charge in [-0.3, -0.25) is 0 Å². The van der Waals surface area contributed by atoms with E-state index in [1.54, 1.807) is 11.3 Å². The van der Waals surface area contributed by atoms with E-state index in [-0.39, 0.29) is 0 Å². The molecule has 3 rings (SSSR count). The molecule has 0 amide bonds. The van der Waals surface area contributed by atoms with Gasteiger partial charge in [0.2, 0.25) is 0 Å². The lowest BCUT2D eigenvalue weighted by Crippen LogP contribution is -1.74. The largest absolute Gasteiger partial charge is 0.236 e. The molecule has 1 aromatic heterocycles. The zero-order valence-electron chi connectivity index (χ0n) is 9.33. The molecule has 0 bridgehead atoms. The van der Waals surface area contributed by atoms with Crippen molar-refractivity contribution in [1.82, 2.24) is 4.98 Å². The molecule has 18 heavy (non-hydrogen) atoms. The summed E-state index contributed by atoms with van der Waals surface area (Å²) < 4.78 is 1.20. The molecule has 0 aliphatic carbocycles. The predicted octanol–water partition coefficient (Wildman–Crippen LogP) is 4.70. The Morgan fingerprint density at radius 2 is 1.83 bits per heavy atom. The van der Waals surface area contributed by atoms with Crippen molar-refractivity contribution >= 4 is 44.6 Å². The summed E-state index contributed by atoms with van der Waals surface area (Å²) in [5, 5.41) is 3.38. The van der Waals surface area contributed by atoms with Gasteiger partial charge in [0, 0.05) is 5.56 Å². The lowest BCUT2D eigenvalue weighted by Gasteiger charge is -1.95. The summed E-state index contributed by atoms with van der Waals surface area (Å²) in [6.07, 6.45) is 0. The van der Waals surface area contributed by atoms with E-state index in [2.05, 4.69) is 33.4 Å². The minimum absolute atomic E-state index is 0.815. The fourth-order valence-electron chi connectivity index (χ4n) is 1.73. The number of thiocarbonyl (C=S) groups is 1. The van der Waals surface area contributed by atoms with Crippen molar-refractivity contribution in [1.29, 1.82) is 0 Å². The van der Waals surface area contributed by atoms with Crippen LogP contribution in [0.2, 0.25) is 0 Å². The first-order valence-electron chi connectivity index (χ1n) is 5.41. The number of fused-ring (bicyclic) bond motifs is 1. The van der Waals surface area contributed by atoms with Crippen LogP contribution in [0, 0.1) is 0 Å². The zero-order chi connectivity index (χ0) is 12.4. The Morgan fingerprint density at radius 1 is 1.06 bits per heavy atom. The Hall–Kier alpha value is -1.87. The van der Waals surface area contributed by atoms with Crippen molar-refractivity contribution < 1.29 is 0 Å². The molecule has 0 saturated carbocycles. The third-order valence-corrected chi connectivity index (χ3v) is 3.76. The molecule has 1 heterocycles. The Bertz CT molecular complexity index is 705. The number of isothiocyanates is 1. The average molecular weight is 268 g/mol. The Labute approximate surface area is 114 Å². The molecule has 0 spiro atoms. The van der Waals surface area contributed by atoms with Crippen LogP contribution in [0.4, 0.5) is 5.69 Å². The van der Waals surface area contributed by atoms with E-state index in [9.17, 15) is 0 Å². The second kappa shape index (κ2) is 4.78. The highest BCUT2D eigenvalue weighted by molar-refractivity contribution is 7.78. The van der Waals surface area contributed by atoms with Crippen LogP contribution >= 0.6 is 23.6 Å². The zero-order valence-corrected chi connectivity index (χ0v) is 11.0. The minimum Gasteiger partial charge on any atom is -0.236 e. The molecule has 0 unspecified atom stereocenters. The van der Waals surface area contributed by atoms with Crippen molar-refractivity contribution in [3.8, 4) is 10.6 Å². The molecule has 0 fully saturated rings. The first kappa shape index (κ1) is 11.2. The summed E-state index contributed by atoms with van der Waals surface area (Å²) in [6.45, 7) is 0. The summed E-state index contributed by atoms with van der Waals surface area (Å²) in [5.41, 5.74) is 2.95. The van der Waals surface area contributed by atoms with Crippen LogP contribution in [0.3, 0.4) is 0 Å². The Balaban J connectivity index is 2.05. The van der Waals surface area contributed by atoms with Gasteiger partial charge in [0.25, 0.3) is 0 Å². The molecule has 0 radical (unpaired) electrons. The molecule has 0 saturated heterocycles. The van der Waals surface area contributed by atoms with E-state index in [1.807, 2.05) is 42.5 Å². The highest BCUT2D eigenvalue weighted by atomic mass is 32.1. The summed E-state index contributed by atoms with van der Waals surface area (Å²) in [5.74, 6) is 0. The van der Waals surface area contributed by atoms with Gasteiger partial charge in [0.05, 0.1) is 21.1 Å². The van der Waals surface area contributed by atoms with Gasteiger partial charge in [-0.15, -0.1) is 11.3 Å². The van der Waals surface area contributed by atoms with E-state index in [4.69, 9.17) is 0 Å². The fraction of sp³-hybridized carbons (Fsp3) is 0. The van der Waals surface area contributed by atoms with Crippen LogP contribution in [0.25, 0.3) is 20.8 Å². The first-order chi connectivity index (χ1) is 8.86. The molecule has 4 heteroatoms. The molecular weight excluding hydrogens is 260 g/mol. The van der Waals surface area contributed by atoms with Crippen LogP contribution in [0.5, 0.6) is 0 Å². The van der Waals surface area contributed by atoms with E-state index < -0.39 is 0 Å². The number of aliphatic imine (C=N–C) groups is 1. The monoisotopic (exact) mass is 268 g/mol. The number of thiazole rings is 1. The minimum atomic E-state index is 0.815. The molecule has 0 aliphatic heterocycles. The van der Waals surface area contributed by atoms with Crippen molar-refractivity contribution in [2.24, 2.45) is 4.99 Å². The molecule has 86 valence electrons. The van der Waals surface area contributed by atoms with Crippen molar-refractivity contribution in [2.75, 3.05) is 0 Å². The van der Waals surface area contributed by atoms with Gasteiger partial charge in [0.15, 0.2) is 0 Å². The van der Waals surface area contributed by atoms with Crippen molar-refractivity contribution in [2.45, 2.75) is 0 Å². The maximum atomic E-state index is 4.61. The topological polar surface area (TPSA) is 25.2 Å². The van der Waals surface area contributed by atoms with E-state index in [0.717, 1.165) is 21.8 Å². The second-order valence-electron chi connectivity index (χ2n) is 3.74. The van der Waals surface area contributed by atoms with Gasteiger partial charge in [-0.2, -0.15) is 4.99 Å². The van der Waals surface area contributed by atoms with Gasteiger partial charge >= 0.3 is 0 Å². The molecule has 0 N–H and O–H groups in total. The van der Waals surface area contributed by atoms with Crippen LogP contribution in [0.15, 0.2) is 53.5 Å². The quantitative estimate of drug-likeness (QED) is 0.497. The van der Waals surface area contributed by atoms with Gasteiger partial charge < -0.3 is 0 Å². The normalized spacial score (nSPS) is 10.2. The van der Waals surface area contributed by atoms with Crippen molar-refractivity contribution in [3.63, 3.8) is 0 Å². The SMILES string of the molecule is S=C=Nc1ccc(-c2nc3ccccc3s2)cc1. The summed E-state index contributed by atoms with van der Waals surface area (Å²) in [7, 11) is 0. The maximum absolute atomic E-state index is 4.61. The summed E-state index contributed by atoms with van der Waals surface area (Å²) in [6, 6.07) is 16.0. The second-order valence-corrected chi connectivity index (χ2v) is 4.95. The fourth-order valence-corrected chi connectivity index (χ4v) is 2.80. The average Bonchev–Trinajstić information content (AvgIpc) is 2.84. The van der Waals surface area contributed by atoms with E-state index >= 15 is 0 Å². The first-order valence-corrected chi connectivity index (χ1v) is 6.63. The lowest BCUT2D eigenvalue weighted by atomic mass is 10.2. The number of hydrogen-bond donors (Lipinski definition) is 0. The standard InChI is InChI=1S/C14H8N2S2/c17-9-15-11-7-5-10(6-8-11)14-16-12-3-1-2-4-13(12)18-14/h1-8H. The Morgan fingerprint density at radius 3 is 2.56 bits per heavy atom. The number of para-hydroxylation sites is 1. The number of benzene rings is 2. The molecular formula is C14H8N2S2. The lowest BCUT2D eigenvalue weighted by molar-refractivity contribution is 1.47. The predicted molar refractivity (Wildman–Crippen MR) is 79.7 cm³/mol. The third kappa shape index (κ3) is 2.09. The number of rotatable bonds is 2. The van der Waals surface area contributed by atoms with Gasteiger partial charge in [-0.1, -0.05) is 12.1 Å². The molecule has 0 atom stereocenters. The maximum Gasteiger partial charge on any atom is 0.124 e. The molecule has 2 aromatic carbocycles. The Kier molecular flexibility index (Phi) is 2.99. The molecule has 2 nitrogen and oxygen atoms in total. The van der Waals surface area contributed by atoms with Crippen LogP contribution in [0.1, 0.15) is 0 Å². The highest BCUT2D eigenvalue weighted by Gasteiger charge is 2.05. The van der Waals surface area contributed by atoms with Gasteiger partial charge in [-0.05, 0) is 48.6 Å². The summed E-state index contributed by atoms with van der Waals surface area (Å²) in [4.78, 5) is 8.54. The molecule has 0 aliphatic rings. The van der Waals surface area contributed by atoms with Crippen LogP contribution in [-0.4, -0.2) is 10.1 Å². The van der Waals surface area contributed by atoms with Crippen LogP contribution in [-0.2, 0) is 0 Å². The highest BCUT2D eigenvalue weighted by Crippen LogP contribution is 2.30. The van der Waals surface area contributed by atoms with Gasteiger partial charge in [0.1, 0.15) is 5.01 Å². The van der Waals surface area contributed by atoms with Crippen molar-refractivity contribution in [3.05, 3.63) is 48.5 Å².